The molecule has 0 aliphatic rings. The summed E-state index contributed by atoms with van der Waals surface area (Å²) in [6, 6.07) is 0. The molecule has 0 amide bonds. The summed E-state index contributed by atoms with van der Waals surface area (Å²) in [5.74, 6) is 0.894. The maximum Gasteiger partial charge on any atom is 0.147 e. The molecule has 2 aromatic rings. The Morgan fingerprint density at radius 1 is 1.17 bits per heavy atom. The van der Waals surface area contributed by atoms with Crippen molar-refractivity contribution in [2.24, 2.45) is 0 Å². The lowest BCUT2D eigenvalue weighted by Gasteiger charge is -2.07. The van der Waals surface area contributed by atoms with Crippen molar-refractivity contribution in [2.45, 2.75) is 33.6 Å². The van der Waals surface area contributed by atoms with Crippen LogP contribution in [0.15, 0.2) is 11.6 Å². The number of thiazole rings is 1. The van der Waals surface area contributed by atoms with Crippen LogP contribution in [0, 0.1) is 20.8 Å². The molecule has 4 nitrogen and oxygen atoms in total. The highest BCUT2D eigenvalue weighted by Gasteiger charge is 2.02. The second kappa shape index (κ2) is 5.91. The standard InChI is InChI=1S/C13H18N4S/c1-9-7-15-11(3)13(17-9)14-6-4-5-12-16-10(2)8-18-12/h7-8H,4-6H2,1-3H3,(H,14,17). The Balaban J connectivity index is 1.80. The molecular formula is C13H18N4S. The average molecular weight is 262 g/mol. The van der Waals surface area contributed by atoms with Crippen molar-refractivity contribution in [3.05, 3.63) is 33.7 Å². The SMILES string of the molecule is Cc1csc(CCCNc2nc(C)cnc2C)n1. The Morgan fingerprint density at radius 2 is 2.00 bits per heavy atom. The molecule has 0 saturated carbocycles. The quantitative estimate of drug-likeness (QED) is 0.842. The van der Waals surface area contributed by atoms with Crippen molar-refractivity contribution in [2.75, 3.05) is 11.9 Å². The Kier molecular flexibility index (Phi) is 4.25. The van der Waals surface area contributed by atoms with Crippen LogP contribution in [0.25, 0.3) is 0 Å². The first kappa shape index (κ1) is 13.0. The predicted octanol–water partition coefficient (Wildman–Crippen LogP) is 2.90. The van der Waals surface area contributed by atoms with E-state index in [0.717, 1.165) is 42.3 Å². The molecule has 96 valence electrons. The number of anilines is 1. The van der Waals surface area contributed by atoms with Gasteiger partial charge in [0.15, 0.2) is 0 Å². The Labute approximate surface area is 112 Å². The first-order valence-electron chi connectivity index (χ1n) is 6.10. The predicted molar refractivity (Wildman–Crippen MR) is 75.2 cm³/mol. The van der Waals surface area contributed by atoms with Gasteiger partial charge in [0, 0.05) is 30.2 Å². The number of nitrogens with one attached hydrogen (secondary N) is 1. The summed E-state index contributed by atoms with van der Waals surface area (Å²) in [5, 5.41) is 6.64. The molecule has 0 fully saturated rings. The van der Waals surface area contributed by atoms with Gasteiger partial charge in [0.05, 0.1) is 16.4 Å². The normalized spacial score (nSPS) is 10.6. The Hall–Kier alpha value is -1.49. The van der Waals surface area contributed by atoms with Crippen LogP contribution < -0.4 is 5.32 Å². The van der Waals surface area contributed by atoms with Gasteiger partial charge in [-0.2, -0.15) is 0 Å². The lowest BCUT2D eigenvalue weighted by atomic mass is 10.3. The van der Waals surface area contributed by atoms with E-state index in [1.165, 1.54) is 5.01 Å². The van der Waals surface area contributed by atoms with E-state index in [1.54, 1.807) is 17.5 Å². The fourth-order valence-electron chi connectivity index (χ4n) is 1.67. The van der Waals surface area contributed by atoms with Crippen molar-refractivity contribution in [1.29, 1.82) is 0 Å². The van der Waals surface area contributed by atoms with Gasteiger partial charge in [0.1, 0.15) is 5.82 Å². The van der Waals surface area contributed by atoms with Crippen molar-refractivity contribution in [3.8, 4) is 0 Å². The van der Waals surface area contributed by atoms with Gasteiger partial charge in [-0.05, 0) is 27.2 Å². The average Bonchev–Trinajstić information content (AvgIpc) is 2.75. The second-order valence-corrected chi connectivity index (χ2v) is 5.30. The number of hydrogen-bond donors (Lipinski definition) is 1. The van der Waals surface area contributed by atoms with Crippen LogP contribution in [-0.2, 0) is 6.42 Å². The third kappa shape index (κ3) is 3.50. The minimum absolute atomic E-state index is 0.894. The largest absolute Gasteiger partial charge is 0.369 e. The van der Waals surface area contributed by atoms with Crippen LogP contribution in [0.2, 0.25) is 0 Å². The summed E-state index contributed by atoms with van der Waals surface area (Å²) < 4.78 is 0. The molecule has 18 heavy (non-hydrogen) atoms. The van der Waals surface area contributed by atoms with E-state index >= 15 is 0 Å². The first-order valence-corrected chi connectivity index (χ1v) is 6.98. The van der Waals surface area contributed by atoms with E-state index < -0.39 is 0 Å². The third-order valence-corrected chi connectivity index (χ3v) is 3.63. The summed E-state index contributed by atoms with van der Waals surface area (Å²) in [5.41, 5.74) is 3.01. The molecule has 2 aromatic heterocycles. The number of hydrogen-bond acceptors (Lipinski definition) is 5. The van der Waals surface area contributed by atoms with Crippen molar-refractivity contribution in [1.82, 2.24) is 15.0 Å². The molecule has 0 radical (unpaired) electrons. The summed E-state index contributed by atoms with van der Waals surface area (Å²) in [4.78, 5) is 13.2. The number of aromatic nitrogens is 3. The van der Waals surface area contributed by atoms with Crippen LogP contribution in [0.1, 0.15) is 28.5 Å². The highest BCUT2D eigenvalue weighted by molar-refractivity contribution is 7.09. The Morgan fingerprint density at radius 3 is 2.72 bits per heavy atom. The molecule has 5 heteroatoms. The van der Waals surface area contributed by atoms with Crippen molar-refractivity contribution in [3.63, 3.8) is 0 Å². The van der Waals surface area contributed by atoms with E-state index in [9.17, 15) is 0 Å². The van der Waals surface area contributed by atoms with Gasteiger partial charge >= 0.3 is 0 Å². The van der Waals surface area contributed by atoms with E-state index in [2.05, 4.69) is 25.6 Å². The molecule has 0 aliphatic carbocycles. The molecule has 2 rings (SSSR count). The first-order chi connectivity index (χ1) is 8.65. The molecule has 0 aliphatic heterocycles. The zero-order valence-corrected chi connectivity index (χ0v) is 11.8. The summed E-state index contributed by atoms with van der Waals surface area (Å²) in [6.07, 6.45) is 3.87. The van der Waals surface area contributed by atoms with Gasteiger partial charge in [-0.15, -0.1) is 11.3 Å². The monoisotopic (exact) mass is 262 g/mol. The Bertz CT molecular complexity index is 521. The molecule has 0 bridgehead atoms. The fraction of sp³-hybridized carbons (Fsp3) is 0.462. The lowest BCUT2D eigenvalue weighted by Crippen LogP contribution is -2.07. The molecule has 0 saturated heterocycles. The molecular weight excluding hydrogens is 244 g/mol. The fourth-order valence-corrected chi connectivity index (χ4v) is 2.49. The van der Waals surface area contributed by atoms with Gasteiger partial charge in [0.25, 0.3) is 0 Å². The number of rotatable bonds is 5. The lowest BCUT2D eigenvalue weighted by molar-refractivity contribution is 0.843. The third-order valence-electron chi connectivity index (χ3n) is 2.60. The van der Waals surface area contributed by atoms with Crippen LogP contribution in [0.4, 0.5) is 5.82 Å². The highest BCUT2D eigenvalue weighted by Crippen LogP contribution is 2.12. The number of nitrogens with zero attached hydrogens (tertiary/aromatic N) is 3. The molecule has 0 spiro atoms. The van der Waals surface area contributed by atoms with Gasteiger partial charge in [-0.1, -0.05) is 0 Å². The number of aryl methyl sites for hydroxylation is 4. The van der Waals surface area contributed by atoms with Crippen LogP contribution >= 0.6 is 11.3 Å². The van der Waals surface area contributed by atoms with Crippen LogP contribution in [-0.4, -0.2) is 21.5 Å². The van der Waals surface area contributed by atoms with E-state index in [4.69, 9.17) is 0 Å². The minimum atomic E-state index is 0.894. The van der Waals surface area contributed by atoms with Crippen LogP contribution in [0.5, 0.6) is 0 Å². The smallest absolute Gasteiger partial charge is 0.147 e. The zero-order chi connectivity index (χ0) is 13.0. The highest BCUT2D eigenvalue weighted by atomic mass is 32.1. The summed E-state index contributed by atoms with van der Waals surface area (Å²) in [6.45, 7) is 6.86. The maximum absolute atomic E-state index is 4.45. The minimum Gasteiger partial charge on any atom is -0.369 e. The van der Waals surface area contributed by atoms with Crippen molar-refractivity contribution >= 4 is 17.2 Å². The maximum atomic E-state index is 4.45. The van der Waals surface area contributed by atoms with E-state index in [0.29, 0.717) is 0 Å². The van der Waals surface area contributed by atoms with Gasteiger partial charge in [0.2, 0.25) is 0 Å². The molecule has 2 heterocycles. The zero-order valence-electron chi connectivity index (χ0n) is 11.0. The van der Waals surface area contributed by atoms with E-state index in [1.807, 2.05) is 20.8 Å². The molecule has 0 atom stereocenters. The van der Waals surface area contributed by atoms with E-state index in [-0.39, 0.29) is 0 Å². The van der Waals surface area contributed by atoms with Gasteiger partial charge in [-0.3, -0.25) is 4.98 Å². The molecule has 0 unspecified atom stereocenters. The molecule has 1 N–H and O–H groups in total. The summed E-state index contributed by atoms with van der Waals surface area (Å²) >= 11 is 1.73. The van der Waals surface area contributed by atoms with Gasteiger partial charge in [-0.25, -0.2) is 9.97 Å². The second-order valence-electron chi connectivity index (χ2n) is 4.36. The van der Waals surface area contributed by atoms with Gasteiger partial charge < -0.3 is 5.32 Å². The van der Waals surface area contributed by atoms with Crippen molar-refractivity contribution < 1.29 is 0 Å². The summed E-state index contributed by atoms with van der Waals surface area (Å²) in [7, 11) is 0. The van der Waals surface area contributed by atoms with Crippen LogP contribution in [0.3, 0.4) is 0 Å². The molecule has 0 aromatic carbocycles. The topological polar surface area (TPSA) is 50.7 Å².